The molecule has 4 rings (SSSR count). The van der Waals surface area contributed by atoms with Crippen LogP contribution in [-0.4, -0.2) is 20.1 Å². The lowest BCUT2D eigenvalue weighted by Crippen LogP contribution is -2.25. The predicted molar refractivity (Wildman–Crippen MR) is 108 cm³/mol. The van der Waals surface area contributed by atoms with Crippen LogP contribution in [0.15, 0.2) is 41.6 Å². The van der Waals surface area contributed by atoms with E-state index in [0.717, 1.165) is 42.7 Å². The maximum atomic E-state index is 14.5. The quantitative estimate of drug-likeness (QED) is 0.613. The summed E-state index contributed by atoms with van der Waals surface area (Å²) in [5, 5.41) is 3.86. The summed E-state index contributed by atoms with van der Waals surface area (Å²) in [6, 6.07) is 8.56. The van der Waals surface area contributed by atoms with Crippen LogP contribution in [0, 0.1) is 5.82 Å². The Morgan fingerprint density at radius 1 is 1.39 bits per heavy atom. The van der Waals surface area contributed by atoms with Crippen molar-refractivity contribution in [3.63, 3.8) is 0 Å². The number of fused-ring (bicyclic) bond motifs is 1. The molecule has 0 fully saturated rings. The van der Waals surface area contributed by atoms with Crippen molar-refractivity contribution in [1.29, 1.82) is 0 Å². The third kappa shape index (κ3) is 4.17. The van der Waals surface area contributed by atoms with E-state index in [-0.39, 0.29) is 22.3 Å². The van der Waals surface area contributed by atoms with E-state index in [2.05, 4.69) is 25.5 Å². The second-order valence-electron chi connectivity index (χ2n) is 6.10. The zero-order valence-electron chi connectivity index (χ0n) is 14.6. The van der Waals surface area contributed by atoms with Crippen LogP contribution in [0.1, 0.15) is 16.7 Å². The Balaban J connectivity index is 1.50. The van der Waals surface area contributed by atoms with Crippen LogP contribution in [0.2, 0.25) is 5.02 Å². The first-order valence-electron chi connectivity index (χ1n) is 8.49. The number of hydrogen-bond donors (Lipinski definition) is 2. The lowest BCUT2D eigenvalue weighted by Gasteiger charge is -2.20. The number of aromatic nitrogens is 2. The Bertz CT molecular complexity index is 1020. The number of rotatable bonds is 6. The molecule has 2 aromatic carbocycles. The largest absolute Gasteiger partial charge is 0.487 e. The van der Waals surface area contributed by atoms with E-state index in [0.29, 0.717) is 5.13 Å². The number of hydrogen-bond acceptors (Lipinski definition) is 6. The molecule has 0 amide bonds. The minimum Gasteiger partial charge on any atom is -0.487 e. The van der Waals surface area contributed by atoms with Crippen LogP contribution in [0.5, 0.6) is 5.75 Å². The third-order valence-electron chi connectivity index (χ3n) is 4.35. The molecule has 1 aliphatic heterocycles. The molecule has 1 atom stereocenters. The number of benzene rings is 2. The monoisotopic (exact) mass is 438 g/mol. The number of halogens is 2. The Labute approximate surface area is 172 Å². The molecule has 3 aromatic rings. The van der Waals surface area contributed by atoms with Gasteiger partial charge in [-0.15, -0.1) is 0 Å². The van der Waals surface area contributed by atoms with Gasteiger partial charge in [0.15, 0.2) is 11.0 Å². The highest BCUT2D eigenvalue weighted by molar-refractivity contribution is 7.86. The zero-order chi connectivity index (χ0) is 19.5. The summed E-state index contributed by atoms with van der Waals surface area (Å²) in [7, 11) is -1.85. The molecule has 0 saturated carbocycles. The molecule has 28 heavy (non-hydrogen) atoms. The van der Waals surface area contributed by atoms with Crippen molar-refractivity contribution in [3.8, 4) is 5.75 Å². The summed E-state index contributed by atoms with van der Waals surface area (Å²) in [5.74, 6) is -0.469. The van der Waals surface area contributed by atoms with Gasteiger partial charge in [-0.2, -0.15) is 4.37 Å². The fourth-order valence-electron chi connectivity index (χ4n) is 2.99. The molecule has 146 valence electrons. The minimum absolute atomic E-state index is 0.0751. The lowest BCUT2D eigenvalue weighted by molar-refractivity contribution is 0.302. The SMILES string of the molecule is O=S(Nc1ncns1)c1cc(Cl)c(OCc2cccc3c2CNCC3)cc1F. The van der Waals surface area contributed by atoms with Gasteiger partial charge in [0.1, 0.15) is 24.5 Å². The number of nitrogens with one attached hydrogen (secondary N) is 2. The van der Waals surface area contributed by atoms with E-state index in [1.54, 1.807) is 0 Å². The average molecular weight is 439 g/mol. The fraction of sp³-hybridized carbons (Fsp3) is 0.222. The minimum atomic E-state index is -1.85. The van der Waals surface area contributed by atoms with Crippen molar-refractivity contribution in [2.75, 3.05) is 11.3 Å². The van der Waals surface area contributed by atoms with E-state index in [4.69, 9.17) is 16.3 Å². The first kappa shape index (κ1) is 19.3. The number of anilines is 1. The molecule has 0 spiro atoms. The Kier molecular flexibility index (Phi) is 5.86. The van der Waals surface area contributed by atoms with Crippen molar-refractivity contribution in [1.82, 2.24) is 14.7 Å². The van der Waals surface area contributed by atoms with E-state index in [1.165, 1.54) is 23.5 Å². The highest BCUT2D eigenvalue weighted by atomic mass is 35.5. The molecule has 0 aliphatic carbocycles. The lowest BCUT2D eigenvalue weighted by atomic mass is 9.96. The second kappa shape index (κ2) is 8.52. The van der Waals surface area contributed by atoms with Crippen molar-refractivity contribution in [2.45, 2.75) is 24.5 Å². The topological polar surface area (TPSA) is 76.1 Å². The van der Waals surface area contributed by atoms with Crippen LogP contribution >= 0.6 is 23.1 Å². The molecule has 1 aromatic heterocycles. The zero-order valence-corrected chi connectivity index (χ0v) is 17.0. The van der Waals surface area contributed by atoms with Crippen molar-refractivity contribution >= 4 is 39.3 Å². The van der Waals surface area contributed by atoms with Crippen LogP contribution < -0.4 is 14.8 Å². The highest BCUT2D eigenvalue weighted by Crippen LogP contribution is 2.31. The van der Waals surface area contributed by atoms with Crippen molar-refractivity contribution in [3.05, 3.63) is 64.2 Å². The van der Waals surface area contributed by atoms with Crippen LogP contribution in [0.4, 0.5) is 9.52 Å². The van der Waals surface area contributed by atoms with E-state index < -0.39 is 16.8 Å². The van der Waals surface area contributed by atoms with Gasteiger partial charge in [-0.1, -0.05) is 29.8 Å². The van der Waals surface area contributed by atoms with Crippen LogP contribution in [0.3, 0.4) is 0 Å². The number of nitrogens with zero attached hydrogens (tertiary/aromatic N) is 2. The van der Waals surface area contributed by atoms with Crippen molar-refractivity contribution < 1.29 is 13.3 Å². The summed E-state index contributed by atoms with van der Waals surface area (Å²) in [5.41, 5.74) is 3.54. The summed E-state index contributed by atoms with van der Waals surface area (Å²) >= 11 is 7.27. The summed E-state index contributed by atoms with van der Waals surface area (Å²) in [4.78, 5) is 3.79. The molecule has 2 N–H and O–H groups in total. The molecule has 0 saturated heterocycles. The van der Waals surface area contributed by atoms with E-state index in [1.807, 2.05) is 12.1 Å². The molecular weight excluding hydrogens is 423 g/mol. The maximum absolute atomic E-state index is 14.5. The van der Waals surface area contributed by atoms with Gasteiger partial charge < -0.3 is 10.1 Å². The van der Waals surface area contributed by atoms with Gasteiger partial charge in [-0.05, 0) is 35.7 Å². The smallest absolute Gasteiger partial charge is 0.214 e. The van der Waals surface area contributed by atoms with E-state index in [9.17, 15) is 8.60 Å². The van der Waals surface area contributed by atoms with Gasteiger partial charge in [0.05, 0.1) is 9.92 Å². The summed E-state index contributed by atoms with van der Waals surface area (Å²) in [6.45, 7) is 2.01. The van der Waals surface area contributed by atoms with Gasteiger partial charge in [0.25, 0.3) is 0 Å². The Morgan fingerprint density at radius 3 is 3.11 bits per heavy atom. The fourth-order valence-corrected chi connectivity index (χ4v) is 4.72. The molecule has 10 heteroatoms. The molecule has 2 heterocycles. The predicted octanol–water partition coefficient (Wildman–Crippen LogP) is 3.69. The third-order valence-corrected chi connectivity index (χ3v) is 6.45. The summed E-state index contributed by atoms with van der Waals surface area (Å²) in [6.07, 6.45) is 2.29. The van der Waals surface area contributed by atoms with Crippen LogP contribution in [-0.2, 0) is 30.6 Å². The van der Waals surface area contributed by atoms with Crippen molar-refractivity contribution in [2.24, 2.45) is 0 Å². The van der Waals surface area contributed by atoms with Gasteiger partial charge in [-0.3, -0.25) is 4.72 Å². The molecular formula is C18H16ClFN4O2S2. The van der Waals surface area contributed by atoms with Gasteiger partial charge in [0.2, 0.25) is 5.13 Å². The standard InChI is InChI=1S/C18H16ClFN4O2S2/c19-14-6-17(28(25)24-18-22-10-23-27-18)15(20)7-16(14)26-9-12-3-1-2-11-4-5-21-8-13(11)12/h1-3,6-7,10,21H,4-5,8-9H2,(H,22,23,24). The maximum Gasteiger partial charge on any atom is 0.214 e. The molecule has 6 nitrogen and oxygen atoms in total. The number of ether oxygens (including phenoxy) is 1. The van der Waals surface area contributed by atoms with Gasteiger partial charge in [0, 0.05) is 24.1 Å². The first-order valence-corrected chi connectivity index (χ1v) is 10.8. The molecule has 0 radical (unpaired) electrons. The second-order valence-corrected chi connectivity index (χ2v) is 8.47. The average Bonchev–Trinajstić information content (AvgIpc) is 3.21. The molecule has 1 aliphatic rings. The molecule has 0 bridgehead atoms. The normalized spacial score (nSPS) is 14.4. The van der Waals surface area contributed by atoms with Gasteiger partial charge in [-0.25, -0.2) is 13.6 Å². The van der Waals surface area contributed by atoms with Crippen LogP contribution in [0.25, 0.3) is 0 Å². The van der Waals surface area contributed by atoms with Gasteiger partial charge >= 0.3 is 0 Å². The Hall–Kier alpha value is -2.07. The first-order chi connectivity index (χ1) is 13.6. The molecule has 1 unspecified atom stereocenters. The Morgan fingerprint density at radius 2 is 2.29 bits per heavy atom. The summed E-state index contributed by atoms with van der Waals surface area (Å²) < 4.78 is 39.0. The highest BCUT2D eigenvalue weighted by Gasteiger charge is 2.17. The van der Waals surface area contributed by atoms with E-state index >= 15 is 0 Å².